The Balaban J connectivity index is 0.00000167. The van der Waals surface area contributed by atoms with Gasteiger partial charge < -0.3 is 20.4 Å². The van der Waals surface area contributed by atoms with E-state index in [-0.39, 0.29) is 43.1 Å². The van der Waals surface area contributed by atoms with Gasteiger partial charge in [-0.1, -0.05) is 12.1 Å². The molecular weight excluding hydrogens is 458 g/mol. The predicted octanol–water partition coefficient (Wildman–Crippen LogP) is 4.03. The molecule has 0 saturated carbocycles. The van der Waals surface area contributed by atoms with Crippen molar-refractivity contribution in [2.24, 2.45) is 0 Å². The van der Waals surface area contributed by atoms with Crippen LogP contribution in [-0.2, 0) is 0 Å². The number of aryl methyl sites for hydroxylation is 1. The number of pyridine rings is 1. The minimum Gasteiger partial charge on any atom is -0.478 e. The van der Waals surface area contributed by atoms with Gasteiger partial charge in [0.15, 0.2) is 0 Å². The normalized spacial score (nSPS) is 15.8. The second-order valence-electron chi connectivity index (χ2n) is 8.59. The fourth-order valence-electron chi connectivity index (χ4n) is 4.26. The lowest BCUT2D eigenvalue weighted by atomic mass is 10.0. The van der Waals surface area contributed by atoms with Crippen molar-refractivity contribution in [1.29, 1.82) is 0 Å². The van der Waals surface area contributed by atoms with Crippen molar-refractivity contribution in [2.75, 3.05) is 30.4 Å². The topological polar surface area (TPSA) is 107 Å². The molecule has 0 bridgehead atoms. The number of nitrogens with one attached hydrogen (secondary N) is 1. The maximum absolute atomic E-state index is 13.7. The summed E-state index contributed by atoms with van der Waals surface area (Å²) in [7, 11) is 1.00. The second kappa shape index (κ2) is 10.4. The van der Waals surface area contributed by atoms with Crippen LogP contribution in [-0.4, -0.2) is 51.7 Å². The van der Waals surface area contributed by atoms with Crippen molar-refractivity contribution >= 4 is 23.1 Å². The number of hydrogen-bond donors (Lipinski definition) is 3. The van der Waals surface area contributed by atoms with Crippen LogP contribution >= 0.6 is 0 Å². The Morgan fingerprint density at radius 2 is 1.80 bits per heavy atom. The van der Waals surface area contributed by atoms with E-state index in [0.717, 1.165) is 12.7 Å². The van der Waals surface area contributed by atoms with Crippen LogP contribution in [0.5, 0.6) is 0 Å². The number of aromatic nitrogens is 2. The molecule has 1 aromatic carbocycles. The molecule has 1 fully saturated rings. The molecular formula is C25H30F2N4O4. The van der Waals surface area contributed by atoms with Crippen LogP contribution in [0.2, 0.25) is 0 Å². The summed E-state index contributed by atoms with van der Waals surface area (Å²) in [4.78, 5) is 31.3. The molecule has 2 aromatic heterocycles. The van der Waals surface area contributed by atoms with Gasteiger partial charge in [-0.15, -0.1) is 0 Å². The van der Waals surface area contributed by atoms with Gasteiger partial charge in [-0.05, 0) is 44.5 Å². The molecule has 3 N–H and O–H groups in total. The Bertz CT molecular complexity index is 1280. The van der Waals surface area contributed by atoms with Crippen LogP contribution in [0.1, 0.15) is 52.9 Å². The van der Waals surface area contributed by atoms with E-state index in [1.807, 2.05) is 19.9 Å². The highest BCUT2D eigenvalue weighted by atomic mass is 19.3. The minimum absolute atomic E-state index is 0.122. The number of anilines is 2. The van der Waals surface area contributed by atoms with Gasteiger partial charge in [0, 0.05) is 50.5 Å². The van der Waals surface area contributed by atoms with Gasteiger partial charge in [0.1, 0.15) is 11.5 Å². The summed E-state index contributed by atoms with van der Waals surface area (Å²) in [6, 6.07) is 8.11. The number of aromatic carboxylic acids is 1. The molecule has 1 saturated heterocycles. The van der Waals surface area contributed by atoms with E-state index >= 15 is 0 Å². The highest BCUT2D eigenvalue weighted by molar-refractivity contribution is 5.94. The van der Waals surface area contributed by atoms with Crippen LogP contribution in [0.15, 0.2) is 41.3 Å². The second-order valence-corrected chi connectivity index (χ2v) is 8.59. The van der Waals surface area contributed by atoms with Crippen molar-refractivity contribution in [3.63, 3.8) is 0 Å². The number of fused-ring (bicyclic) bond motifs is 1. The number of halogens is 2. The molecule has 1 aliphatic heterocycles. The number of nitrogens with zero attached hydrogens (tertiary/aromatic N) is 3. The molecule has 3 heterocycles. The molecule has 0 aliphatic carbocycles. The molecule has 10 heteroatoms. The van der Waals surface area contributed by atoms with Gasteiger partial charge in [-0.25, -0.2) is 18.6 Å². The smallest absolute Gasteiger partial charge is 0.337 e. The third-order valence-corrected chi connectivity index (χ3v) is 6.08. The van der Waals surface area contributed by atoms with Gasteiger partial charge in [-0.2, -0.15) is 0 Å². The number of piperidine rings is 1. The Morgan fingerprint density at radius 3 is 2.43 bits per heavy atom. The number of rotatable bonds is 5. The molecule has 3 aromatic rings. The number of aliphatic hydroxyl groups excluding tert-OH is 1. The van der Waals surface area contributed by atoms with E-state index in [1.165, 1.54) is 10.5 Å². The van der Waals surface area contributed by atoms with E-state index in [9.17, 15) is 23.5 Å². The first-order chi connectivity index (χ1) is 16.6. The molecule has 188 valence electrons. The average molecular weight is 489 g/mol. The van der Waals surface area contributed by atoms with E-state index in [1.54, 1.807) is 36.2 Å². The standard InChI is InChI=1S/C24H26F2N4O3.CH4O/c1-14-12-18(16(3)27-19-7-5-4-6-17(19)23(32)33)21-28-20(15(2)22(31)30(21)13-14)29-10-8-24(25,26)9-11-29;1-2/h4-7,12-13,16,27H,8-11H2,1-3H3,(H,32,33);2H,1H3. The molecule has 0 spiro atoms. The summed E-state index contributed by atoms with van der Waals surface area (Å²) in [5.41, 5.74) is 2.70. The summed E-state index contributed by atoms with van der Waals surface area (Å²) in [5.74, 6) is -3.33. The number of carboxylic acid groups (broad SMARTS) is 1. The predicted molar refractivity (Wildman–Crippen MR) is 131 cm³/mol. The number of benzene rings is 1. The fraction of sp³-hybridized carbons (Fsp3) is 0.400. The van der Waals surface area contributed by atoms with Gasteiger partial charge in [0.25, 0.3) is 11.5 Å². The van der Waals surface area contributed by atoms with E-state index in [2.05, 4.69) is 5.32 Å². The van der Waals surface area contributed by atoms with Crippen molar-refractivity contribution in [2.45, 2.75) is 45.6 Å². The molecule has 8 nitrogen and oxygen atoms in total. The van der Waals surface area contributed by atoms with Gasteiger partial charge in [0.2, 0.25) is 0 Å². The van der Waals surface area contributed by atoms with E-state index < -0.39 is 11.9 Å². The highest BCUT2D eigenvalue weighted by Gasteiger charge is 2.35. The molecule has 1 atom stereocenters. The summed E-state index contributed by atoms with van der Waals surface area (Å²) < 4.78 is 28.8. The molecule has 1 unspecified atom stereocenters. The maximum atomic E-state index is 13.7. The Kier molecular flexibility index (Phi) is 7.74. The number of alkyl halides is 2. The summed E-state index contributed by atoms with van der Waals surface area (Å²) in [6.45, 7) is 5.63. The van der Waals surface area contributed by atoms with Crippen molar-refractivity contribution in [3.05, 3.63) is 69.1 Å². The number of carboxylic acids is 1. The fourth-order valence-corrected chi connectivity index (χ4v) is 4.26. The van der Waals surface area contributed by atoms with E-state index in [4.69, 9.17) is 10.1 Å². The number of hydrogen-bond acceptors (Lipinski definition) is 6. The first-order valence-electron chi connectivity index (χ1n) is 11.3. The van der Waals surface area contributed by atoms with Crippen molar-refractivity contribution in [3.8, 4) is 0 Å². The van der Waals surface area contributed by atoms with Gasteiger partial charge >= 0.3 is 5.97 Å². The lowest BCUT2D eigenvalue weighted by Gasteiger charge is -2.33. The zero-order chi connectivity index (χ0) is 25.9. The molecule has 1 aliphatic rings. The summed E-state index contributed by atoms with van der Waals surface area (Å²) in [5, 5.41) is 19.7. The Labute approximate surface area is 201 Å². The van der Waals surface area contributed by atoms with Gasteiger partial charge in [0.05, 0.1) is 17.2 Å². The third kappa shape index (κ3) is 5.43. The van der Waals surface area contributed by atoms with Crippen LogP contribution in [0.25, 0.3) is 5.65 Å². The molecule has 4 rings (SSSR count). The van der Waals surface area contributed by atoms with E-state index in [0.29, 0.717) is 28.3 Å². The largest absolute Gasteiger partial charge is 0.478 e. The Morgan fingerprint density at radius 1 is 1.17 bits per heavy atom. The third-order valence-electron chi connectivity index (χ3n) is 6.08. The number of aliphatic hydroxyl groups is 1. The first kappa shape index (κ1) is 26.1. The van der Waals surface area contributed by atoms with Crippen molar-refractivity contribution < 1.29 is 23.8 Å². The minimum atomic E-state index is -2.70. The summed E-state index contributed by atoms with van der Waals surface area (Å²) in [6.07, 6.45) is 1.14. The zero-order valence-corrected chi connectivity index (χ0v) is 20.2. The lowest BCUT2D eigenvalue weighted by molar-refractivity contribution is -0.0221. The number of para-hydroxylation sites is 1. The Hall–Kier alpha value is -3.53. The van der Waals surface area contributed by atoms with Crippen LogP contribution in [0.3, 0.4) is 0 Å². The maximum Gasteiger partial charge on any atom is 0.337 e. The monoisotopic (exact) mass is 488 g/mol. The zero-order valence-electron chi connectivity index (χ0n) is 20.2. The number of carbonyl (C=O) groups is 1. The van der Waals surface area contributed by atoms with Gasteiger partial charge in [-0.3, -0.25) is 9.20 Å². The first-order valence-corrected chi connectivity index (χ1v) is 11.3. The average Bonchev–Trinajstić information content (AvgIpc) is 2.83. The molecule has 0 radical (unpaired) electrons. The molecule has 35 heavy (non-hydrogen) atoms. The molecule has 0 amide bonds. The highest BCUT2D eigenvalue weighted by Crippen LogP contribution is 2.32. The van der Waals surface area contributed by atoms with Crippen LogP contribution in [0, 0.1) is 13.8 Å². The summed E-state index contributed by atoms with van der Waals surface area (Å²) >= 11 is 0. The quantitative estimate of drug-likeness (QED) is 0.498. The van der Waals surface area contributed by atoms with Crippen LogP contribution in [0.4, 0.5) is 20.3 Å². The SMILES string of the molecule is CO.Cc1cc(C(C)Nc2ccccc2C(=O)O)c2nc(N3CCC(F)(F)CC3)c(C)c(=O)n2c1. The lowest BCUT2D eigenvalue weighted by Crippen LogP contribution is -2.41. The van der Waals surface area contributed by atoms with Crippen molar-refractivity contribution in [1.82, 2.24) is 9.38 Å². The van der Waals surface area contributed by atoms with Crippen LogP contribution < -0.4 is 15.8 Å².